The van der Waals surface area contributed by atoms with Crippen molar-refractivity contribution in [1.29, 1.82) is 0 Å². The van der Waals surface area contributed by atoms with Crippen LogP contribution in [0.15, 0.2) is 60.8 Å². The molecular formula is C21H16ClF3N4O3. The van der Waals surface area contributed by atoms with E-state index in [9.17, 15) is 22.8 Å². The van der Waals surface area contributed by atoms with Crippen molar-refractivity contribution in [1.82, 2.24) is 4.98 Å². The first kappa shape index (κ1) is 22.9. The summed E-state index contributed by atoms with van der Waals surface area (Å²) in [6, 6.07) is 11.8. The molecule has 0 radical (unpaired) electrons. The number of anilines is 3. The lowest BCUT2D eigenvalue weighted by atomic mass is 10.2. The monoisotopic (exact) mass is 464 g/mol. The van der Waals surface area contributed by atoms with Gasteiger partial charge in [-0.05, 0) is 54.6 Å². The third kappa shape index (κ3) is 6.35. The van der Waals surface area contributed by atoms with E-state index in [0.29, 0.717) is 23.0 Å². The molecule has 3 aromatic rings. The van der Waals surface area contributed by atoms with Crippen LogP contribution < -0.4 is 20.7 Å². The van der Waals surface area contributed by atoms with Crippen molar-refractivity contribution < 1.29 is 27.5 Å². The van der Waals surface area contributed by atoms with Gasteiger partial charge in [-0.2, -0.15) is 13.2 Å². The molecule has 0 atom stereocenters. The maximum Gasteiger partial charge on any atom is 0.417 e. The van der Waals surface area contributed by atoms with Crippen LogP contribution in [0.1, 0.15) is 12.5 Å². The highest BCUT2D eigenvalue weighted by atomic mass is 35.5. The summed E-state index contributed by atoms with van der Waals surface area (Å²) in [6.07, 6.45) is -3.20. The van der Waals surface area contributed by atoms with Crippen molar-refractivity contribution in [3.05, 3.63) is 71.4 Å². The van der Waals surface area contributed by atoms with Gasteiger partial charge in [-0.15, -0.1) is 0 Å². The van der Waals surface area contributed by atoms with Gasteiger partial charge in [0, 0.05) is 18.3 Å². The number of benzene rings is 2. The highest BCUT2D eigenvalue weighted by Gasteiger charge is 2.33. The summed E-state index contributed by atoms with van der Waals surface area (Å²) in [5.74, 6) is 1.03. The summed E-state index contributed by atoms with van der Waals surface area (Å²) in [6.45, 7) is 1.37. The number of aromatic nitrogens is 1. The van der Waals surface area contributed by atoms with E-state index in [-0.39, 0.29) is 11.6 Å². The Bertz CT molecular complexity index is 1120. The molecule has 1 heterocycles. The highest BCUT2D eigenvalue weighted by molar-refractivity contribution is 6.31. The SMILES string of the molecule is CC(=O)Nc1ccc(Oc2ccc(NC(=O)Nc3ccc(Cl)c(C(F)(F)F)c3)cc2)cn1. The van der Waals surface area contributed by atoms with Gasteiger partial charge in [-0.3, -0.25) is 4.79 Å². The number of alkyl halides is 3. The molecular weight excluding hydrogens is 449 g/mol. The molecule has 32 heavy (non-hydrogen) atoms. The molecule has 166 valence electrons. The molecule has 0 aliphatic rings. The van der Waals surface area contributed by atoms with Crippen LogP contribution in [0.25, 0.3) is 0 Å². The summed E-state index contributed by atoms with van der Waals surface area (Å²) in [5.41, 5.74) is -0.716. The van der Waals surface area contributed by atoms with Crippen LogP contribution in [0.5, 0.6) is 11.5 Å². The molecule has 3 amide bonds. The van der Waals surface area contributed by atoms with Gasteiger partial charge in [0.05, 0.1) is 16.8 Å². The fourth-order valence-corrected chi connectivity index (χ4v) is 2.78. The second-order valence-corrected chi connectivity index (χ2v) is 6.87. The molecule has 0 aliphatic carbocycles. The maximum absolute atomic E-state index is 12.9. The number of nitrogens with one attached hydrogen (secondary N) is 3. The number of hydrogen-bond acceptors (Lipinski definition) is 4. The Morgan fingerprint density at radius 2 is 1.53 bits per heavy atom. The largest absolute Gasteiger partial charge is 0.456 e. The van der Waals surface area contributed by atoms with E-state index in [4.69, 9.17) is 16.3 Å². The first-order valence-corrected chi connectivity index (χ1v) is 9.44. The van der Waals surface area contributed by atoms with Gasteiger partial charge in [0.25, 0.3) is 0 Å². The van der Waals surface area contributed by atoms with Crippen molar-refractivity contribution in [3.8, 4) is 11.5 Å². The quantitative estimate of drug-likeness (QED) is 0.422. The van der Waals surface area contributed by atoms with Gasteiger partial charge in [0.2, 0.25) is 5.91 Å². The van der Waals surface area contributed by atoms with Crippen molar-refractivity contribution >= 4 is 40.7 Å². The Morgan fingerprint density at radius 1 is 0.906 bits per heavy atom. The third-order valence-electron chi connectivity index (χ3n) is 3.92. The summed E-state index contributed by atoms with van der Waals surface area (Å²) in [7, 11) is 0. The molecule has 0 aliphatic heterocycles. The molecule has 0 fully saturated rings. The van der Waals surface area contributed by atoms with Crippen LogP contribution in [0.2, 0.25) is 5.02 Å². The molecule has 2 aromatic carbocycles. The topological polar surface area (TPSA) is 92.4 Å². The van der Waals surface area contributed by atoms with E-state index in [1.54, 1.807) is 36.4 Å². The van der Waals surface area contributed by atoms with Gasteiger partial charge < -0.3 is 20.7 Å². The Morgan fingerprint density at radius 3 is 2.12 bits per heavy atom. The number of hydrogen-bond donors (Lipinski definition) is 3. The van der Waals surface area contributed by atoms with E-state index in [2.05, 4.69) is 20.9 Å². The van der Waals surface area contributed by atoms with E-state index in [1.807, 2.05) is 0 Å². The minimum absolute atomic E-state index is 0.0608. The molecule has 0 unspecified atom stereocenters. The van der Waals surface area contributed by atoms with E-state index in [1.165, 1.54) is 19.2 Å². The molecule has 11 heteroatoms. The van der Waals surface area contributed by atoms with Crippen LogP contribution in [0, 0.1) is 0 Å². The third-order valence-corrected chi connectivity index (χ3v) is 4.25. The number of rotatable bonds is 5. The van der Waals surface area contributed by atoms with E-state index >= 15 is 0 Å². The number of carbonyl (C=O) groups is 2. The Balaban J connectivity index is 1.58. The van der Waals surface area contributed by atoms with Crippen LogP contribution in [0.3, 0.4) is 0 Å². The Labute approximate surface area is 185 Å². The smallest absolute Gasteiger partial charge is 0.417 e. The lowest BCUT2D eigenvalue weighted by molar-refractivity contribution is -0.137. The predicted molar refractivity (Wildman–Crippen MR) is 114 cm³/mol. The second kappa shape index (κ2) is 9.56. The maximum atomic E-state index is 12.9. The number of halogens is 4. The molecule has 3 rings (SSSR count). The minimum atomic E-state index is -4.64. The fraction of sp³-hybridized carbons (Fsp3) is 0.0952. The van der Waals surface area contributed by atoms with Gasteiger partial charge in [0.15, 0.2) is 0 Å². The molecule has 0 bridgehead atoms. The number of urea groups is 1. The highest BCUT2D eigenvalue weighted by Crippen LogP contribution is 2.36. The number of ether oxygens (including phenoxy) is 1. The fourth-order valence-electron chi connectivity index (χ4n) is 2.55. The summed E-state index contributed by atoms with van der Waals surface area (Å²) in [5, 5.41) is 6.91. The van der Waals surface area contributed by atoms with Gasteiger partial charge in [-0.25, -0.2) is 9.78 Å². The van der Waals surface area contributed by atoms with Crippen LogP contribution in [-0.2, 0) is 11.0 Å². The lowest BCUT2D eigenvalue weighted by Crippen LogP contribution is -2.19. The summed E-state index contributed by atoms with van der Waals surface area (Å²) < 4.78 is 44.4. The van der Waals surface area contributed by atoms with Crippen molar-refractivity contribution in [2.75, 3.05) is 16.0 Å². The number of nitrogens with zero attached hydrogens (tertiary/aromatic N) is 1. The zero-order valence-electron chi connectivity index (χ0n) is 16.5. The van der Waals surface area contributed by atoms with Crippen molar-refractivity contribution in [2.45, 2.75) is 13.1 Å². The zero-order chi connectivity index (χ0) is 23.3. The molecule has 0 saturated carbocycles. The van der Waals surface area contributed by atoms with Gasteiger partial charge in [0.1, 0.15) is 17.3 Å². The normalized spacial score (nSPS) is 10.9. The Hall–Kier alpha value is -3.79. The minimum Gasteiger partial charge on any atom is -0.456 e. The predicted octanol–water partition coefficient (Wildman–Crippen LogP) is 6.15. The Kier molecular flexibility index (Phi) is 6.84. The van der Waals surface area contributed by atoms with Gasteiger partial charge >= 0.3 is 12.2 Å². The molecule has 7 nitrogen and oxygen atoms in total. The molecule has 3 N–H and O–H groups in total. The van der Waals surface area contributed by atoms with Crippen LogP contribution in [0.4, 0.5) is 35.2 Å². The lowest BCUT2D eigenvalue weighted by Gasteiger charge is -2.12. The summed E-state index contributed by atoms with van der Waals surface area (Å²) >= 11 is 5.57. The van der Waals surface area contributed by atoms with Crippen molar-refractivity contribution in [3.63, 3.8) is 0 Å². The molecule has 1 aromatic heterocycles. The first-order valence-electron chi connectivity index (χ1n) is 9.06. The van der Waals surface area contributed by atoms with E-state index < -0.39 is 22.8 Å². The second-order valence-electron chi connectivity index (χ2n) is 6.46. The van der Waals surface area contributed by atoms with E-state index in [0.717, 1.165) is 12.1 Å². The number of amides is 3. The zero-order valence-corrected chi connectivity index (χ0v) is 17.2. The standard InChI is InChI=1S/C21H16ClF3N4O3/c1-12(30)27-19-9-7-16(11-26-19)32-15-5-2-13(3-6-15)28-20(31)29-14-4-8-18(22)17(10-14)21(23,24)25/h2-11H,1H3,(H,26,27,30)(H2,28,29,31). The van der Waals surface area contributed by atoms with Crippen LogP contribution >= 0.6 is 11.6 Å². The average Bonchev–Trinajstić information content (AvgIpc) is 2.71. The average molecular weight is 465 g/mol. The molecule has 0 saturated heterocycles. The van der Waals surface area contributed by atoms with Crippen molar-refractivity contribution in [2.24, 2.45) is 0 Å². The number of carbonyl (C=O) groups excluding carboxylic acids is 2. The first-order chi connectivity index (χ1) is 15.1. The summed E-state index contributed by atoms with van der Waals surface area (Å²) in [4.78, 5) is 27.1. The van der Waals surface area contributed by atoms with Gasteiger partial charge in [-0.1, -0.05) is 11.6 Å². The molecule has 0 spiro atoms. The van der Waals surface area contributed by atoms with Crippen LogP contribution in [-0.4, -0.2) is 16.9 Å². The number of pyridine rings is 1.